The average molecular weight is 401 g/mol. The summed E-state index contributed by atoms with van der Waals surface area (Å²) < 4.78 is 27.3. The van der Waals surface area contributed by atoms with Crippen LogP contribution in [0.1, 0.15) is 32.3 Å². The summed E-state index contributed by atoms with van der Waals surface area (Å²) in [4.78, 5) is 13.6. The molecule has 1 aromatic carbocycles. The van der Waals surface area contributed by atoms with Crippen molar-refractivity contribution in [3.05, 3.63) is 39.7 Å². The molecule has 1 heterocycles. The highest BCUT2D eigenvalue weighted by molar-refractivity contribution is 9.10. The average Bonchev–Trinajstić information content (AvgIpc) is 2.46. The van der Waals surface area contributed by atoms with Crippen molar-refractivity contribution in [3.63, 3.8) is 0 Å². The summed E-state index contributed by atoms with van der Waals surface area (Å²) in [7, 11) is -3.82. The van der Waals surface area contributed by atoms with Crippen LogP contribution in [-0.2, 0) is 10.0 Å². The number of halogens is 1. The lowest BCUT2D eigenvalue weighted by Crippen LogP contribution is -2.45. The van der Waals surface area contributed by atoms with E-state index < -0.39 is 16.1 Å². The van der Waals surface area contributed by atoms with Gasteiger partial charge in [0, 0.05) is 17.6 Å². The zero-order valence-electron chi connectivity index (χ0n) is 13.3. The predicted molar refractivity (Wildman–Crippen MR) is 95.2 cm³/mol. The summed E-state index contributed by atoms with van der Waals surface area (Å²) in [6.07, 6.45) is 1.81. The highest BCUT2D eigenvalue weighted by atomic mass is 79.9. The van der Waals surface area contributed by atoms with Gasteiger partial charge < -0.3 is 4.90 Å². The van der Waals surface area contributed by atoms with Gasteiger partial charge >= 0.3 is 6.03 Å². The molecular formula is C16H21BrN2O3S. The molecule has 2 amide bonds. The van der Waals surface area contributed by atoms with Crippen molar-refractivity contribution in [1.82, 2.24) is 9.62 Å². The van der Waals surface area contributed by atoms with Crippen molar-refractivity contribution in [2.24, 2.45) is 5.92 Å². The number of urea groups is 1. The van der Waals surface area contributed by atoms with E-state index >= 15 is 0 Å². The first-order chi connectivity index (χ1) is 10.8. The molecule has 7 heteroatoms. The van der Waals surface area contributed by atoms with E-state index in [-0.39, 0.29) is 0 Å². The molecule has 0 radical (unpaired) electrons. The summed E-state index contributed by atoms with van der Waals surface area (Å²) in [5.74, 6) is 0.578. The number of likely N-dealkylation sites (tertiary alicyclic amines) is 1. The third kappa shape index (κ3) is 5.35. The second kappa shape index (κ2) is 7.49. The van der Waals surface area contributed by atoms with Gasteiger partial charge in [-0.05, 0) is 49.0 Å². The first kappa shape index (κ1) is 18.0. The molecule has 1 fully saturated rings. The fourth-order valence-electron chi connectivity index (χ4n) is 2.46. The van der Waals surface area contributed by atoms with Crippen LogP contribution in [0, 0.1) is 5.92 Å². The number of nitrogens with zero attached hydrogens (tertiary/aromatic N) is 1. The van der Waals surface area contributed by atoms with Crippen molar-refractivity contribution < 1.29 is 13.2 Å². The molecule has 1 aromatic rings. The molecule has 1 N–H and O–H groups in total. The number of hydrogen-bond donors (Lipinski definition) is 1. The second-order valence-electron chi connectivity index (χ2n) is 5.93. The van der Waals surface area contributed by atoms with Gasteiger partial charge in [-0.15, -0.1) is 0 Å². The van der Waals surface area contributed by atoms with Gasteiger partial charge in [0.1, 0.15) is 0 Å². The normalized spacial score (nSPS) is 17.2. The van der Waals surface area contributed by atoms with E-state index in [1.807, 2.05) is 24.3 Å². The van der Waals surface area contributed by atoms with Gasteiger partial charge in [-0.1, -0.05) is 35.0 Å². The number of benzene rings is 1. The van der Waals surface area contributed by atoms with Gasteiger partial charge in [0.15, 0.2) is 0 Å². The van der Waals surface area contributed by atoms with Crippen LogP contribution < -0.4 is 4.72 Å². The molecule has 5 nitrogen and oxygen atoms in total. The third-order valence-electron chi connectivity index (χ3n) is 3.91. The molecule has 126 valence electrons. The Morgan fingerprint density at radius 3 is 2.61 bits per heavy atom. The van der Waals surface area contributed by atoms with Crippen molar-refractivity contribution in [2.75, 3.05) is 13.1 Å². The molecule has 0 spiro atoms. The smallest absolute Gasteiger partial charge is 0.324 e. The number of sulfonamides is 1. The first-order valence-corrected chi connectivity index (χ1v) is 9.87. The Balaban J connectivity index is 2.06. The van der Waals surface area contributed by atoms with Crippen LogP contribution in [0.15, 0.2) is 34.1 Å². The number of piperidine rings is 1. The fourth-order valence-corrected chi connectivity index (χ4v) is 3.89. The van der Waals surface area contributed by atoms with Gasteiger partial charge in [0.25, 0.3) is 10.0 Å². The largest absolute Gasteiger partial charge is 0.331 e. The summed E-state index contributed by atoms with van der Waals surface area (Å²) >= 11 is 3.35. The standard InChI is InChI=1S/C16H21BrN2O3S/c1-12-6-8-19(9-7-12)16(20)18-23(21,22)11-13(2)14-4-3-5-15(17)10-14/h3-5,10-12H,6-9H2,1-2H3,(H,18,20)/b13-11+. The maximum atomic E-state index is 12.2. The van der Waals surface area contributed by atoms with Gasteiger partial charge in [0.2, 0.25) is 0 Å². The number of amides is 2. The monoisotopic (exact) mass is 400 g/mol. The quantitative estimate of drug-likeness (QED) is 0.842. The molecule has 0 unspecified atom stereocenters. The van der Waals surface area contributed by atoms with Crippen LogP contribution in [0.2, 0.25) is 0 Å². The molecule has 0 aromatic heterocycles. The number of rotatable bonds is 3. The van der Waals surface area contributed by atoms with Crippen LogP contribution in [0.4, 0.5) is 4.79 Å². The van der Waals surface area contributed by atoms with E-state index in [0.717, 1.165) is 28.3 Å². The Kier molecular flexibility index (Phi) is 5.86. The summed E-state index contributed by atoms with van der Waals surface area (Å²) in [5.41, 5.74) is 1.35. The van der Waals surface area contributed by atoms with Crippen LogP contribution in [-0.4, -0.2) is 32.4 Å². The van der Waals surface area contributed by atoms with Crippen LogP contribution in [0.25, 0.3) is 5.57 Å². The SMILES string of the molecule is C/C(=C\S(=O)(=O)NC(=O)N1CCC(C)CC1)c1cccc(Br)c1. The minimum Gasteiger partial charge on any atom is -0.324 e. The highest BCUT2D eigenvalue weighted by Crippen LogP contribution is 2.20. The van der Waals surface area contributed by atoms with Gasteiger partial charge in [0.05, 0.1) is 5.41 Å². The summed E-state index contributed by atoms with van der Waals surface area (Å²) in [6.45, 7) is 5.03. The molecule has 2 rings (SSSR count). The Bertz CT molecular complexity index is 708. The zero-order chi connectivity index (χ0) is 17.0. The molecule has 23 heavy (non-hydrogen) atoms. The number of carbonyl (C=O) groups excluding carboxylic acids is 1. The maximum Gasteiger partial charge on any atom is 0.331 e. The molecule has 0 saturated carbocycles. The Hall–Kier alpha value is -1.34. The van der Waals surface area contributed by atoms with Gasteiger partial charge in [-0.2, -0.15) is 0 Å². The predicted octanol–water partition coefficient (Wildman–Crippen LogP) is 3.58. The topological polar surface area (TPSA) is 66.5 Å². The van der Waals surface area contributed by atoms with Gasteiger partial charge in [-0.3, -0.25) is 0 Å². The second-order valence-corrected chi connectivity index (χ2v) is 8.38. The lowest BCUT2D eigenvalue weighted by Gasteiger charge is -2.29. The third-order valence-corrected chi connectivity index (χ3v) is 5.53. The van der Waals surface area contributed by atoms with Crippen LogP contribution >= 0.6 is 15.9 Å². The van der Waals surface area contributed by atoms with E-state index in [1.54, 1.807) is 11.8 Å². The summed E-state index contributed by atoms with van der Waals surface area (Å²) in [6, 6.07) is 6.80. The first-order valence-electron chi connectivity index (χ1n) is 7.53. The van der Waals surface area contributed by atoms with E-state index in [1.165, 1.54) is 0 Å². The van der Waals surface area contributed by atoms with E-state index in [0.29, 0.717) is 24.6 Å². The molecule has 0 atom stereocenters. The summed E-state index contributed by atoms with van der Waals surface area (Å²) in [5, 5.41) is 1.10. The van der Waals surface area contributed by atoms with Crippen molar-refractivity contribution >= 4 is 37.6 Å². The number of hydrogen-bond acceptors (Lipinski definition) is 3. The molecule has 0 bridgehead atoms. The Labute approximate surface area is 145 Å². The molecule has 1 aliphatic heterocycles. The molecule has 0 aliphatic carbocycles. The number of carbonyl (C=O) groups is 1. The van der Waals surface area contributed by atoms with E-state index in [2.05, 4.69) is 27.6 Å². The maximum absolute atomic E-state index is 12.2. The molecule has 1 saturated heterocycles. The Morgan fingerprint density at radius 2 is 2.00 bits per heavy atom. The fraction of sp³-hybridized carbons (Fsp3) is 0.438. The van der Waals surface area contributed by atoms with Crippen molar-refractivity contribution in [1.29, 1.82) is 0 Å². The van der Waals surface area contributed by atoms with E-state index in [9.17, 15) is 13.2 Å². The zero-order valence-corrected chi connectivity index (χ0v) is 15.7. The van der Waals surface area contributed by atoms with E-state index in [4.69, 9.17) is 0 Å². The van der Waals surface area contributed by atoms with Gasteiger partial charge in [-0.25, -0.2) is 17.9 Å². The molecule has 1 aliphatic rings. The van der Waals surface area contributed by atoms with Crippen molar-refractivity contribution in [3.8, 4) is 0 Å². The number of nitrogens with one attached hydrogen (secondary N) is 1. The lowest BCUT2D eigenvalue weighted by atomic mass is 10.00. The van der Waals surface area contributed by atoms with Crippen molar-refractivity contribution in [2.45, 2.75) is 26.7 Å². The number of allylic oxidation sites excluding steroid dienone is 1. The van der Waals surface area contributed by atoms with Crippen LogP contribution in [0.5, 0.6) is 0 Å². The Morgan fingerprint density at radius 1 is 1.35 bits per heavy atom. The highest BCUT2D eigenvalue weighted by Gasteiger charge is 2.23. The van der Waals surface area contributed by atoms with Crippen LogP contribution in [0.3, 0.4) is 0 Å². The molecular weight excluding hydrogens is 380 g/mol. The minimum absolute atomic E-state index is 0.546. The lowest BCUT2D eigenvalue weighted by molar-refractivity contribution is 0.179. The minimum atomic E-state index is -3.82.